The second kappa shape index (κ2) is 4.83. The first-order chi connectivity index (χ1) is 5.38. The third kappa shape index (κ3) is 4.73. The molecule has 0 heterocycles. The summed E-state index contributed by atoms with van der Waals surface area (Å²) in [6, 6.07) is 0. The molecular formula is C10H24N2. The summed E-state index contributed by atoms with van der Waals surface area (Å²) in [4.78, 5) is 4.72. The molecule has 74 valence electrons. The highest BCUT2D eigenvalue weighted by Crippen LogP contribution is 2.09. The number of rotatable bonds is 4. The summed E-state index contributed by atoms with van der Waals surface area (Å²) in [6.45, 7) is 12.4. The topological polar surface area (TPSA) is 6.48 Å². The maximum Gasteiger partial charge on any atom is 0.0122 e. The first kappa shape index (κ1) is 11.9. The van der Waals surface area contributed by atoms with Gasteiger partial charge in [0.2, 0.25) is 0 Å². The van der Waals surface area contributed by atoms with E-state index >= 15 is 0 Å². The molecule has 0 saturated carbocycles. The van der Waals surface area contributed by atoms with Crippen LogP contribution in [-0.2, 0) is 0 Å². The van der Waals surface area contributed by atoms with Crippen molar-refractivity contribution in [3.05, 3.63) is 0 Å². The molecule has 0 aromatic rings. The van der Waals surface area contributed by atoms with E-state index in [0.717, 1.165) is 19.6 Å². The third-order valence-electron chi connectivity index (χ3n) is 2.50. The molecule has 0 amide bonds. The summed E-state index contributed by atoms with van der Waals surface area (Å²) < 4.78 is 0. The van der Waals surface area contributed by atoms with Gasteiger partial charge >= 0.3 is 0 Å². The number of likely N-dealkylation sites (N-methyl/N-ethyl adjacent to an activating group) is 2. The molecule has 2 heteroatoms. The zero-order valence-electron chi connectivity index (χ0n) is 9.52. The summed E-state index contributed by atoms with van der Waals surface area (Å²) in [5.41, 5.74) is 0.300. The van der Waals surface area contributed by atoms with Crippen LogP contribution in [0.15, 0.2) is 0 Å². The Bertz CT molecular complexity index is 115. The van der Waals surface area contributed by atoms with E-state index < -0.39 is 0 Å². The average Bonchev–Trinajstić information content (AvgIpc) is 1.97. The SMILES string of the molecule is CCN(C)CCN(C)C(C)(C)C. The molecule has 0 bridgehead atoms. The van der Waals surface area contributed by atoms with Crippen molar-refractivity contribution in [2.45, 2.75) is 33.2 Å². The first-order valence-corrected chi connectivity index (χ1v) is 4.77. The molecule has 0 radical (unpaired) electrons. The fourth-order valence-electron chi connectivity index (χ4n) is 0.814. The van der Waals surface area contributed by atoms with Crippen LogP contribution < -0.4 is 0 Å². The lowest BCUT2D eigenvalue weighted by Crippen LogP contribution is -2.42. The highest BCUT2D eigenvalue weighted by molar-refractivity contribution is 4.73. The zero-order chi connectivity index (χ0) is 9.78. The Morgan fingerprint density at radius 1 is 1.00 bits per heavy atom. The molecule has 0 saturated heterocycles. The standard InChI is InChI=1S/C10H24N2/c1-7-11(5)8-9-12(6)10(2,3)4/h7-9H2,1-6H3. The maximum absolute atomic E-state index is 2.39. The maximum atomic E-state index is 2.39. The number of hydrogen-bond acceptors (Lipinski definition) is 2. The summed E-state index contributed by atoms with van der Waals surface area (Å²) in [7, 11) is 4.35. The number of hydrogen-bond donors (Lipinski definition) is 0. The van der Waals surface area contributed by atoms with Crippen LogP contribution in [0.25, 0.3) is 0 Å². The van der Waals surface area contributed by atoms with E-state index in [1.807, 2.05) is 0 Å². The van der Waals surface area contributed by atoms with E-state index in [0.29, 0.717) is 5.54 Å². The van der Waals surface area contributed by atoms with Crippen molar-refractivity contribution in [1.82, 2.24) is 9.80 Å². The molecule has 12 heavy (non-hydrogen) atoms. The lowest BCUT2D eigenvalue weighted by molar-refractivity contribution is 0.156. The minimum atomic E-state index is 0.300. The Balaban J connectivity index is 3.64. The average molecular weight is 172 g/mol. The Morgan fingerprint density at radius 2 is 1.50 bits per heavy atom. The lowest BCUT2D eigenvalue weighted by atomic mass is 10.1. The second-order valence-corrected chi connectivity index (χ2v) is 4.49. The highest BCUT2D eigenvalue weighted by Gasteiger charge is 2.16. The van der Waals surface area contributed by atoms with Crippen LogP contribution in [0.2, 0.25) is 0 Å². The molecule has 2 nitrogen and oxygen atoms in total. The van der Waals surface area contributed by atoms with Crippen molar-refractivity contribution < 1.29 is 0 Å². The van der Waals surface area contributed by atoms with Gasteiger partial charge in [-0.1, -0.05) is 6.92 Å². The number of nitrogens with zero attached hydrogens (tertiary/aromatic N) is 2. The van der Waals surface area contributed by atoms with Gasteiger partial charge in [0.05, 0.1) is 0 Å². The van der Waals surface area contributed by atoms with Gasteiger partial charge < -0.3 is 9.80 Å². The van der Waals surface area contributed by atoms with Gasteiger partial charge in [0.1, 0.15) is 0 Å². The van der Waals surface area contributed by atoms with Crippen LogP contribution in [-0.4, -0.2) is 49.1 Å². The van der Waals surface area contributed by atoms with Gasteiger partial charge in [0.25, 0.3) is 0 Å². The zero-order valence-corrected chi connectivity index (χ0v) is 9.52. The van der Waals surface area contributed by atoms with Gasteiger partial charge in [0, 0.05) is 18.6 Å². The Labute approximate surface area is 77.5 Å². The Hall–Kier alpha value is -0.0800. The van der Waals surface area contributed by atoms with Crippen molar-refractivity contribution in [3.63, 3.8) is 0 Å². The predicted molar refractivity (Wildman–Crippen MR) is 55.6 cm³/mol. The largest absolute Gasteiger partial charge is 0.305 e. The van der Waals surface area contributed by atoms with Crippen molar-refractivity contribution in [2.75, 3.05) is 33.7 Å². The molecule has 0 atom stereocenters. The monoisotopic (exact) mass is 172 g/mol. The van der Waals surface area contributed by atoms with Crippen LogP contribution in [0.5, 0.6) is 0 Å². The van der Waals surface area contributed by atoms with Crippen molar-refractivity contribution >= 4 is 0 Å². The van der Waals surface area contributed by atoms with Crippen LogP contribution in [0.4, 0.5) is 0 Å². The molecule has 0 rings (SSSR count). The summed E-state index contributed by atoms with van der Waals surface area (Å²) >= 11 is 0. The summed E-state index contributed by atoms with van der Waals surface area (Å²) in [6.07, 6.45) is 0. The van der Waals surface area contributed by atoms with Gasteiger partial charge in [-0.05, 0) is 41.4 Å². The second-order valence-electron chi connectivity index (χ2n) is 4.49. The molecule has 0 aromatic carbocycles. The van der Waals surface area contributed by atoms with E-state index in [4.69, 9.17) is 0 Å². The van der Waals surface area contributed by atoms with Gasteiger partial charge in [0.15, 0.2) is 0 Å². The normalized spacial score (nSPS) is 13.0. The van der Waals surface area contributed by atoms with Gasteiger partial charge in [-0.15, -0.1) is 0 Å². The smallest absolute Gasteiger partial charge is 0.0122 e. The fraction of sp³-hybridized carbons (Fsp3) is 1.00. The van der Waals surface area contributed by atoms with Gasteiger partial charge in [-0.25, -0.2) is 0 Å². The Kier molecular flexibility index (Phi) is 4.80. The molecule has 0 aromatic heterocycles. The minimum absolute atomic E-state index is 0.300. The van der Waals surface area contributed by atoms with Crippen LogP contribution in [0.3, 0.4) is 0 Å². The molecular weight excluding hydrogens is 148 g/mol. The van der Waals surface area contributed by atoms with E-state index in [-0.39, 0.29) is 0 Å². The lowest BCUT2D eigenvalue weighted by Gasteiger charge is -2.33. The highest BCUT2D eigenvalue weighted by atomic mass is 15.2. The third-order valence-corrected chi connectivity index (χ3v) is 2.50. The molecule has 0 fully saturated rings. The van der Waals surface area contributed by atoms with Gasteiger partial charge in [-0.2, -0.15) is 0 Å². The van der Waals surface area contributed by atoms with E-state index in [1.165, 1.54) is 0 Å². The first-order valence-electron chi connectivity index (χ1n) is 4.77. The Morgan fingerprint density at radius 3 is 1.83 bits per heavy atom. The van der Waals surface area contributed by atoms with Crippen molar-refractivity contribution in [3.8, 4) is 0 Å². The molecule has 0 aliphatic heterocycles. The predicted octanol–water partition coefficient (Wildman–Crippen LogP) is 1.67. The van der Waals surface area contributed by atoms with E-state index in [9.17, 15) is 0 Å². The van der Waals surface area contributed by atoms with Crippen molar-refractivity contribution in [1.29, 1.82) is 0 Å². The minimum Gasteiger partial charge on any atom is -0.305 e. The van der Waals surface area contributed by atoms with E-state index in [2.05, 4.69) is 51.6 Å². The van der Waals surface area contributed by atoms with Crippen molar-refractivity contribution in [2.24, 2.45) is 0 Å². The summed E-state index contributed by atoms with van der Waals surface area (Å²) in [5.74, 6) is 0. The van der Waals surface area contributed by atoms with Crippen LogP contribution in [0.1, 0.15) is 27.7 Å². The quantitative estimate of drug-likeness (QED) is 0.636. The molecule has 0 aliphatic rings. The van der Waals surface area contributed by atoms with Crippen LogP contribution in [0, 0.1) is 0 Å². The van der Waals surface area contributed by atoms with Crippen LogP contribution >= 0.6 is 0 Å². The molecule has 0 aliphatic carbocycles. The summed E-state index contributed by atoms with van der Waals surface area (Å²) in [5, 5.41) is 0. The fourth-order valence-corrected chi connectivity index (χ4v) is 0.814. The van der Waals surface area contributed by atoms with Gasteiger partial charge in [-0.3, -0.25) is 0 Å². The molecule has 0 unspecified atom stereocenters. The molecule has 0 spiro atoms. The molecule has 0 N–H and O–H groups in total. The van der Waals surface area contributed by atoms with E-state index in [1.54, 1.807) is 0 Å².